The Balaban J connectivity index is 1.34. The van der Waals surface area contributed by atoms with Crippen LogP contribution in [0.3, 0.4) is 0 Å². The number of nitrogens with zero attached hydrogens (tertiary/aromatic N) is 1. The van der Waals surface area contributed by atoms with E-state index in [0.29, 0.717) is 22.1 Å². The summed E-state index contributed by atoms with van der Waals surface area (Å²) in [4.78, 5) is 38.9. The number of carbonyl (C=O) groups is 3. The average molecular weight is 421 g/mol. The van der Waals surface area contributed by atoms with Gasteiger partial charge < -0.3 is 9.47 Å². The molecule has 0 aliphatic carbocycles. The van der Waals surface area contributed by atoms with Gasteiger partial charge in [-0.25, -0.2) is 4.39 Å². The minimum Gasteiger partial charge on any atom is -0.494 e. The smallest absolute Gasteiger partial charge is 0.306 e. The Morgan fingerprint density at radius 3 is 2.29 bits per heavy atom. The van der Waals surface area contributed by atoms with Crippen molar-refractivity contribution in [3.8, 4) is 5.75 Å². The molecule has 6 nitrogen and oxygen atoms in total. The molecular weight excluding hydrogens is 401 g/mol. The number of rotatable bonds is 7. The molecule has 0 bridgehead atoms. The predicted octanol–water partition coefficient (Wildman–Crippen LogP) is 4.11. The van der Waals surface area contributed by atoms with Crippen LogP contribution in [0, 0.1) is 5.82 Å². The van der Waals surface area contributed by atoms with Crippen LogP contribution in [-0.4, -0.2) is 36.3 Å². The number of hydrogen-bond acceptors (Lipinski definition) is 5. The molecular formula is C24H20FNO5. The molecule has 1 heterocycles. The first-order valence-corrected chi connectivity index (χ1v) is 9.85. The molecule has 158 valence electrons. The normalized spacial score (nSPS) is 12.9. The molecule has 0 spiro atoms. The van der Waals surface area contributed by atoms with Crippen molar-refractivity contribution in [3.05, 3.63) is 77.1 Å². The number of imide groups is 1. The van der Waals surface area contributed by atoms with Crippen molar-refractivity contribution in [2.75, 3.05) is 13.7 Å². The van der Waals surface area contributed by atoms with Crippen molar-refractivity contribution in [2.24, 2.45) is 0 Å². The van der Waals surface area contributed by atoms with Gasteiger partial charge in [-0.1, -0.05) is 30.3 Å². The highest BCUT2D eigenvalue weighted by Gasteiger charge is 2.32. The van der Waals surface area contributed by atoms with Crippen LogP contribution in [0.4, 0.5) is 4.39 Å². The number of amides is 2. The van der Waals surface area contributed by atoms with Gasteiger partial charge in [0.25, 0.3) is 11.8 Å². The summed E-state index contributed by atoms with van der Waals surface area (Å²) >= 11 is 0. The Morgan fingerprint density at radius 1 is 1.00 bits per heavy atom. The number of methoxy groups -OCH3 is 1. The number of ether oxygens (including phenoxy) is 2. The van der Waals surface area contributed by atoms with E-state index in [2.05, 4.69) is 0 Å². The van der Waals surface area contributed by atoms with Crippen molar-refractivity contribution < 1.29 is 28.2 Å². The van der Waals surface area contributed by atoms with Gasteiger partial charge in [-0.3, -0.25) is 19.3 Å². The lowest BCUT2D eigenvalue weighted by Gasteiger charge is -2.27. The Hall–Kier alpha value is -3.74. The van der Waals surface area contributed by atoms with Crippen LogP contribution in [0.2, 0.25) is 0 Å². The molecule has 0 N–H and O–H groups in total. The van der Waals surface area contributed by atoms with Gasteiger partial charge in [0.05, 0.1) is 7.11 Å². The summed E-state index contributed by atoms with van der Waals surface area (Å²) in [5, 5.41) is 1.51. The molecule has 0 atom stereocenters. The second-order valence-corrected chi connectivity index (χ2v) is 7.20. The van der Waals surface area contributed by atoms with Gasteiger partial charge in [-0.2, -0.15) is 0 Å². The molecule has 0 fully saturated rings. The molecule has 7 heteroatoms. The number of hydrogen-bond donors (Lipinski definition) is 0. The van der Waals surface area contributed by atoms with Crippen LogP contribution in [0.1, 0.15) is 39.1 Å². The monoisotopic (exact) mass is 421 g/mol. The summed E-state index contributed by atoms with van der Waals surface area (Å²) in [6, 6.07) is 15.0. The molecule has 3 aromatic rings. The number of esters is 1. The molecule has 0 saturated carbocycles. The van der Waals surface area contributed by atoms with Crippen LogP contribution in [-0.2, 0) is 16.1 Å². The lowest BCUT2D eigenvalue weighted by atomic mass is 9.94. The van der Waals surface area contributed by atoms with E-state index in [0.717, 1.165) is 5.39 Å². The third-order valence-corrected chi connectivity index (χ3v) is 5.23. The molecule has 0 radical (unpaired) electrons. The number of benzene rings is 3. The molecule has 0 saturated heterocycles. The van der Waals surface area contributed by atoms with Gasteiger partial charge >= 0.3 is 5.97 Å². The Labute approximate surface area is 178 Å². The third kappa shape index (κ3) is 3.99. The minimum atomic E-state index is -0.534. The molecule has 31 heavy (non-hydrogen) atoms. The van der Waals surface area contributed by atoms with Crippen LogP contribution in [0.25, 0.3) is 10.8 Å². The van der Waals surface area contributed by atoms with Crippen LogP contribution in [0.15, 0.2) is 54.6 Å². The predicted molar refractivity (Wildman–Crippen MR) is 111 cm³/mol. The molecule has 2 amide bonds. The first kappa shape index (κ1) is 20.5. The van der Waals surface area contributed by atoms with E-state index in [1.807, 2.05) is 12.1 Å². The fraction of sp³-hybridized carbons (Fsp3) is 0.208. The lowest BCUT2D eigenvalue weighted by molar-refractivity contribution is -0.145. The van der Waals surface area contributed by atoms with Crippen molar-refractivity contribution in [2.45, 2.75) is 19.4 Å². The van der Waals surface area contributed by atoms with Gasteiger partial charge in [0.2, 0.25) is 0 Å². The molecule has 3 aromatic carbocycles. The fourth-order valence-electron chi connectivity index (χ4n) is 3.70. The second-order valence-electron chi connectivity index (χ2n) is 7.20. The summed E-state index contributed by atoms with van der Waals surface area (Å²) in [5.74, 6) is -1.64. The van der Waals surface area contributed by atoms with Crippen LogP contribution < -0.4 is 4.74 Å². The number of carbonyl (C=O) groups excluding carboxylic acids is 3. The van der Waals surface area contributed by atoms with E-state index in [-0.39, 0.29) is 43.6 Å². The van der Waals surface area contributed by atoms with Crippen molar-refractivity contribution in [3.63, 3.8) is 0 Å². The second kappa shape index (κ2) is 8.55. The standard InChI is InChI=1S/C24H20FNO5/c1-30-20-11-10-15(13-19(20)25)14-31-21(27)9-4-12-26-23(28)17-7-2-5-16-6-3-8-18(22(16)17)24(26)29/h2-3,5-8,10-11,13H,4,9,12,14H2,1H3. The summed E-state index contributed by atoms with van der Waals surface area (Å²) in [6.07, 6.45) is 0.299. The van der Waals surface area contributed by atoms with E-state index >= 15 is 0 Å². The topological polar surface area (TPSA) is 72.9 Å². The lowest BCUT2D eigenvalue weighted by Crippen LogP contribution is -2.41. The van der Waals surface area contributed by atoms with E-state index in [9.17, 15) is 18.8 Å². The maximum absolute atomic E-state index is 13.7. The quantitative estimate of drug-likeness (QED) is 0.424. The van der Waals surface area contributed by atoms with Crippen LogP contribution in [0.5, 0.6) is 5.75 Å². The first-order valence-electron chi connectivity index (χ1n) is 9.85. The maximum atomic E-state index is 13.7. The van der Waals surface area contributed by atoms with Gasteiger partial charge in [0.15, 0.2) is 11.6 Å². The molecule has 1 aliphatic rings. The van der Waals surface area contributed by atoms with Crippen molar-refractivity contribution in [1.29, 1.82) is 0 Å². The van der Waals surface area contributed by atoms with Crippen molar-refractivity contribution in [1.82, 2.24) is 4.90 Å². The third-order valence-electron chi connectivity index (χ3n) is 5.23. The molecule has 0 aromatic heterocycles. The van der Waals surface area contributed by atoms with Gasteiger partial charge in [-0.05, 0) is 41.6 Å². The molecule has 1 aliphatic heterocycles. The van der Waals surface area contributed by atoms with Crippen LogP contribution >= 0.6 is 0 Å². The zero-order chi connectivity index (χ0) is 22.0. The largest absolute Gasteiger partial charge is 0.494 e. The molecule has 4 rings (SSSR count). The minimum absolute atomic E-state index is 0.0293. The summed E-state index contributed by atoms with van der Waals surface area (Å²) in [7, 11) is 1.37. The fourth-order valence-corrected chi connectivity index (χ4v) is 3.70. The zero-order valence-corrected chi connectivity index (χ0v) is 16.9. The summed E-state index contributed by atoms with van der Waals surface area (Å²) in [6.45, 7) is 0.0331. The van der Waals surface area contributed by atoms with E-state index in [1.54, 1.807) is 30.3 Å². The highest BCUT2D eigenvalue weighted by molar-refractivity contribution is 6.25. The van der Waals surface area contributed by atoms with Gasteiger partial charge in [-0.15, -0.1) is 0 Å². The van der Waals surface area contributed by atoms with Gasteiger partial charge in [0, 0.05) is 29.5 Å². The van der Waals surface area contributed by atoms with E-state index in [4.69, 9.17) is 9.47 Å². The van der Waals surface area contributed by atoms with E-state index in [1.165, 1.54) is 24.1 Å². The Bertz CT molecular complexity index is 1140. The Kier molecular flexibility index (Phi) is 5.66. The maximum Gasteiger partial charge on any atom is 0.306 e. The average Bonchev–Trinajstić information content (AvgIpc) is 2.78. The zero-order valence-electron chi connectivity index (χ0n) is 16.9. The summed E-state index contributed by atoms with van der Waals surface area (Å²) < 4.78 is 23.7. The SMILES string of the molecule is COc1ccc(COC(=O)CCCN2C(=O)c3cccc4cccc(c34)C2=O)cc1F. The van der Waals surface area contributed by atoms with E-state index < -0.39 is 11.8 Å². The first-order chi connectivity index (χ1) is 15.0. The molecule has 0 unspecified atom stereocenters. The number of halogens is 1. The van der Waals surface area contributed by atoms with Gasteiger partial charge in [0.1, 0.15) is 6.61 Å². The highest BCUT2D eigenvalue weighted by atomic mass is 19.1. The van der Waals surface area contributed by atoms with Crippen molar-refractivity contribution >= 4 is 28.6 Å². The highest BCUT2D eigenvalue weighted by Crippen LogP contribution is 2.30. The summed E-state index contributed by atoms with van der Waals surface area (Å²) in [5.41, 5.74) is 1.46. The Morgan fingerprint density at radius 2 is 1.68 bits per heavy atom.